The van der Waals surface area contributed by atoms with Gasteiger partial charge in [0.2, 0.25) is 0 Å². The number of fused-ring (bicyclic) bond motifs is 1. The molecule has 4 rings (SSSR count). The lowest BCUT2D eigenvalue weighted by atomic mass is 9.94. The monoisotopic (exact) mass is 359 g/mol. The Bertz CT molecular complexity index is 944. The topological polar surface area (TPSA) is 76.1 Å². The molecule has 3 heterocycles. The van der Waals surface area contributed by atoms with Gasteiger partial charge in [0, 0.05) is 24.8 Å². The molecule has 2 aliphatic rings. The number of anilines is 1. The number of ether oxygens (including phenoxy) is 1. The van der Waals surface area contributed by atoms with Crippen molar-refractivity contribution in [1.82, 2.24) is 9.55 Å². The summed E-state index contributed by atoms with van der Waals surface area (Å²) in [6, 6.07) is 4.59. The van der Waals surface area contributed by atoms with E-state index >= 15 is 0 Å². The van der Waals surface area contributed by atoms with E-state index in [-0.39, 0.29) is 23.5 Å². The molecule has 138 valence electrons. The Morgan fingerprint density at radius 1 is 1.19 bits per heavy atom. The highest BCUT2D eigenvalue weighted by atomic mass is 19.1. The quantitative estimate of drug-likeness (QED) is 0.864. The summed E-state index contributed by atoms with van der Waals surface area (Å²) in [6.45, 7) is 3.02. The van der Waals surface area contributed by atoms with Gasteiger partial charge in [-0.1, -0.05) is 17.7 Å². The molecule has 1 aromatic heterocycles. The van der Waals surface area contributed by atoms with Crippen molar-refractivity contribution >= 4 is 5.82 Å². The number of benzene rings is 1. The van der Waals surface area contributed by atoms with Crippen LogP contribution in [0.1, 0.15) is 48.0 Å². The molecule has 1 saturated heterocycles. The smallest absolute Gasteiger partial charge is 0.330 e. The van der Waals surface area contributed by atoms with Crippen LogP contribution in [0.15, 0.2) is 27.8 Å². The van der Waals surface area contributed by atoms with E-state index in [0.29, 0.717) is 55.8 Å². The Morgan fingerprint density at radius 3 is 2.73 bits per heavy atom. The van der Waals surface area contributed by atoms with Crippen LogP contribution in [-0.2, 0) is 11.2 Å². The zero-order valence-electron chi connectivity index (χ0n) is 14.7. The first kappa shape index (κ1) is 17.0. The average Bonchev–Trinajstić information content (AvgIpc) is 2.64. The largest absolute Gasteiger partial charge is 0.381 e. The van der Waals surface area contributed by atoms with Gasteiger partial charge in [0.25, 0.3) is 5.56 Å². The van der Waals surface area contributed by atoms with E-state index in [1.54, 1.807) is 12.1 Å². The summed E-state index contributed by atoms with van der Waals surface area (Å²) in [5.41, 5.74) is 1.44. The highest BCUT2D eigenvalue weighted by molar-refractivity contribution is 5.48. The first-order chi connectivity index (χ1) is 12.5. The molecule has 2 aliphatic heterocycles. The Labute approximate surface area is 150 Å². The van der Waals surface area contributed by atoms with Crippen LogP contribution in [0.2, 0.25) is 0 Å². The number of aryl methyl sites for hydroxylation is 1. The van der Waals surface area contributed by atoms with E-state index in [9.17, 15) is 14.0 Å². The molecule has 2 aromatic rings. The lowest BCUT2D eigenvalue weighted by molar-refractivity contribution is 0.0673. The van der Waals surface area contributed by atoms with Crippen molar-refractivity contribution in [1.29, 1.82) is 0 Å². The number of halogens is 1. The maximum Gasteiger partial charge on any atom is 0.330 e. The molecule has 0 saturated carbocycles. The molecule has 2 N–H and O–H groups in total. The molecule has 0 spiro atoms. The molecule has 6 nitrogen and oxygen atoms in total. The van der Waals surface area contributed by atoms with Crippen LogP contribution in [0, 0.1) is 12.7 Å². The van der Waals surface area contributed by atoms with Crippen LogP contribution in [0.3, 0.4) is 0 Å². The molecule has 1 atom stereocenters. The predicted molar refractivity (Wildman–Crippen MR) is 96.2 cm³/mol. The molecule has 0 radical (unpaired) electrons. The molecule has 1 fully saturated rings. The van der Waals surface area contributed by atoms with Gasteiger partial charge in [-0.15, -0.1) is 0 Å². The predicted octanol–water partition coefficient (Wildman–Crippen LogP) is 2.44. The number of hydrogen-bond acceptors (Lipinski definition) is 4. The van der Waals surface area contributed by atoms with Crippen molar-refractivity contribution in [3.63, 3.8) is 0 Å². The molecule has 1 unspecified atom stereocenters. The van der Waals surface area contributed by atoms with Crippen LogP contribution >= 0.6 is 0 Å². The minimum Gasteiger partial charge on any atom is -0.381 e. The second-order valence-corrected chi connectivity index (χ2v) is 7.06. The maximum absolute atomic E-state index is 14.2. The molecule has 7 heteroatoms. The molecule has 0 amide bonds. The molecule has 0 bridgehead atoms. The van der Waals surface area contributed by atoms with Gasteiger partial charge in [-0.3, -0.25) is 14.3 Å². The molecule has 0 aliphatic carbocycles. The van der Waals surface area contributed by atoms with Crippen molar-refractivity contribution in [2.75, 3.05) is 18.5 Å². The Balaban J connectivity index is 1.69. The number of H-pyrrole nitrogens is 1. The molecular weight excluding hydrogens is 337 g/mol. The van der Waals surface area contributed by atoms with E-state index in [1.807, 2.05) is 6.92 Å². The summed E-state index contributed by atoms with van der Waals surface area (Å²) in [6.07, 6.45) is 2.42. The van der Waals surface area contributed by atoms with Crippen LogP contribution in [0.4, 0.5) is 10.2 Å². The van der Waals surface area contributed by atoms with E-state index in [0.717, 1.165) is 5.56 Å². The summed E-state index contributed by atoms with van der Waals surface area (Å²) < 4.78 is 20.9. The van der Waals surface area contributed by atoms with Gasteiger partial charge < -0.3 is 10.1 Å². The SMILES string of the molecule is Cc1ccc(F)c(C2CCc3c([nH]c(=O)n(C4CCOCC4)c3=O)N2)c1. The van der Waals surface area contributed by atoms with E-state index < -0.39 is 5.69 Å². The van der Waals surface area contributed by atoms with Crippen molar-refractivity contribution in [2.24, 2.45) is 0 Å². The van der Waals surface area contributed by atoms with Gasteiger partial charge in [-0.05, 0) is 38.7 Å². The van der Waals surface area contributed by atoms with E-state index in [1.165, 1.54) is 10.6 Å². The zero-order valence-corrected chi connectivity index (χ0v) is 14.7. The summed E-state index contributed by atoms with van der Waals surface area (Å²) in [5, 5.41) is 3.16. The molecule has 1 aromatic carbocycles. The molecular formula is C19H22FN3O3. The fourth-order valence-electron chi connectivity index (χ4n) is 3.92. The number of nitrogens with zero attached hydrogens (tertiary/aromatic N) is 1. The minimum atomic E-state index is -0.418. The third-order valence-electron chi connectivity index (χ3n) is 5.31. The summed E-state index contributed by atoms with van der Waals surface area (Å²) >= 11 is 0. The normalized spacial score (nSPS) is 20.5. The zero-order chi connectivity index (χ0) is 18.3. The first-order valence-corrected chi connectivity index (χ1v) is 9.02. The Morgan fingerprint density at radius 2 is 1.96 bits per heavy atom. The fraction of sp³-hybridized carbons (Fsp3) is 0.474. The Kier molecular flexibility index (Phi) is 4.40. The third-order valence-corrected chi connectivity index (χ3v) is 5.31. The lowest BCUT2D eigenvalue weighted by Crippen LogP contribution is -2.43. The third kappa shape index (κ3) is 2.96. The number of aromatic amines is 1. The van der Waals surface area contributed by atoms with Gasteiger partial charge >= 0.3 is 5.69 Å². The van der Waals surface area contributed by atoms with E-state index in [4.69, 9.17) is 4.74 Å². The van der Waals surface area contributed by atoms with Gasteiger partial charge in [0.15, 0.2) is 0 Å². The van der Waals surface area contributed by atoms with E-state index in [2.05, 4.69) is 10.3 Å². The summed E-state index contributed by atoms with van der Waals surface area (Å²) in [7, 11) is 0. The second-order valence-electron chi connectivity index (χ2n) is 7.06. The maximum atomic E-state index is 14.2. The van der Waals surface area contributed by atoms with Crippen LogP contribution in [0.25, 0.3) is 0 Å². The summed E-state index contributed by atoms with van der Waals surface area (Å²) in [4.78, 5) is 28.2. The number of aromatic nitrogens is 2. The average molecular weight is 359 g/mol. The Hall–Kier alpha value is -2.41. The molecule has 26 heavy (non-hydrogen) atoms. The highest BCUT2D eigenvalue weighted by Crippen LogP contribution is 2.31. The van der Waals surface area contributed by atoms with Crippen molar-refractivity contribution in [3.8, 4) is 0 Å². The van der Waals surface area contributed by atoms with Crippen LogP contribution in [0.5, 0.6) is 0 Å². The lowest BCUT2D eigenvalue weighted by Gasteiger charge is -2.29. The number of nitrogens with one attached hydrogen (secondary N) is 2. The van der Waals surface area contributed by atoms with Gasteiger partial charge in [-0.25, -0.2) is 9.18 Å². The van der Waals surface area contributed by atoms with Gasteiger partial charge in [-0.2, -0.15) is 0 Å². The van der Waals surface area contributed by atoms with Crippen LogP contribution < -0.4 is 16.6 Å². The van der Waals surface area contributed by atoms with Crippen molar-refractivity contribution in [2.45, 2.75) is 44.7 Å². The summed E-state index contributed by atoms with van der Waals surface area (Å²) in [5.74, 6) is 0.134. The van der Waals surface area contributed by atoms with Crippen LogP contribution in [-0.4, -0.2) is 22.8 Å². The second kappa shape index (κ2) is 6.72. The standard InChI is InChI=1S/C19H22FN3O3/c1-11-2-4-15(20)14(10-11)16-5-3-13-17(21-16)22-19(25)23(18(13)24)12-6-8-26-9-7-12/h2,4,10,12,16,21H,3,5-9H2,1H3,(H,22,25). The fourth-order valence-corrected chi connectivity index (χ4v) is 3.92. The number of hydrogen-bond donors (Lipinski definition) is 2. The number of rotatable bonds is 2. The van der Waals surface area contributed by atoms with Gasteiger partial charge in [0.05, 0.1) is 11.6 Å². The van der Waals surface area contributed by atoms with Gasteiger partial charge in [0.1, 0.15) is 11.6 Å². The van der Waals surface area contributed by atoms with Crippen molar-refractivity contribution < 1.29 is 9.13 Å². The first-order valence-electron chi connectivity index (χ1n) is 9.02. The minimum absolute atomic E-state index is 0.128. The van der Waals surface area contributed by atoms with Crippen molar-refractivity contribution in [3.05, 3.63) is 61.5 Å². The highest BCUT2D eigenvalue weighted by Gasteiger charge is 2.28.